The molecule has 5 nitrogen and oxygen atoms in total. The maximum atomic E-state index is 13.7. The van der Waals surface area contributed by atoms with Crippen LogP contribution < -0.4 is 0 Å². The molecule has 8 atom stereocenters. The van der Waals surface area contributed by atoms with E-state index in [4.69, 9.17) is 9.47 Å². The van der Waals surface area contributed by atoms with E-state index in [1.54, 1.807) is 6.92 Å². The van der Waals surface area contributed by atoms with Crippen LogP contribution in [0.25, 0.3) is 0 Å². The van der Waals surface area contributed by atoms with Crippen LogP contribution in [0.3, 0.4) is 0 Å². The summed E-state index contributed by atoms with van der Waals surface area (Å²) < 4.78 is 13.8. The number of Topliss-reactive ketones (excluding diaryl/α,β-unsaturated/α-hetero) is 1. The molecule has 0 spiro atoms. The quantitative estimate of drug-likeness (QED) is 0.383. The molecule has 214 valence electrons. The predicted molar refractivity (Wildman–Crippen MR) is 155 cm³/mol. The zero-order valence-corrected chi connectivity index (χ0v) is 24.6. The third-order valence-corrected chi connectivity index (χ3v) is 12.1. The van der Waals surface area contributed by atoms with Crippen molar-refractivity contribution in [1.82, 2.24) is 0 Å². The number of rotatable bonds is 4. The Morgan fingerprint density at radius 1 is 0.854 bits per heavy atom. The Bertz CT molecular complexity index is 1460. The first-order valence-electron chi connectivity index (χ1n) is 15.3. The molecular weight excluding hydrogens is 512 g/mol. The molecule has 1 heterocycles. The van der Waals surface area contributed by atoms with Crippen molar-refractivity contribution in [1.29, 1.82) is 0 Å². The van der Waals surface area contributed by atoms with Gasteiger partial charge in [0.2, 0.25) is 0 Å². The van der Waals surface area contributed by atoms with Gasteiger partial charge in [-0.05, 0) is 81.6 Å². The minimum Gasteiger partial charge on any atom is -0.339 e. The summed E-state index contributed by atoms with van der Waals surface area (Å²) >= 11 is 0. The van der Waals surface area contributed by atoms with Gasteiger partial charge in [0.1, 0.15) is 0 Å². The number of allylic oxidation sites excluding steroid dienone is 1. The third-order valence-electron chi connectivity index (χ3n) is 12.1. The molecule has 0 N–H and O–H groups in total. The van der Waals surface area contributed by atoms with Crippen LogP contribution >= 0.6 is 0 Å². The monoisotopic (exact) mass is 552 g/mol. The topological polar surface area (TPSA) is 69.7 Å². The van der Waals surface area contributed by atoms with E-state index in [1.807, 2.05) is 67.6 Å². The Hall–Kier alpha value is -2.89. The predicted octanol–water partition coefficient (Wildman–Crippen LogP) is 6.98. The van der Waals surface area contributed by atoms with E-state index >= 15 is 0 Å². The van der Waals surface area contributed by atoms with Crippen molar-refractivity contribution in [3.8, 4) is 0 Å². The number of carbonyl (C=O) groups is 3. The molecule has 5 heteroatoms. The Balaban J connectivity index is 1.18. The molecule has 1 saturated heterocycles. The average Bonchev–Trinajstić information content (AvgIpc) is 3.42. The molecule has 2 aromatic rings. The smallest absolute Gasteiger partial charge is 0.193 e. The Labute approximate surface area is 242 Å². The van der Waals surface area contributed by atoms with Gasteiger partial charge >= 0.3 is 0 Å². The number of benzene rings is 2. The minimum absolute atomic E-state index is 0.0266. The van der Waals surface area contributed by atoms with Crippen molar-refractivity contribution in [2.45, 2.75) is 90.1 Å². The first kappa shape index (κ1) is 27.0. The lowest BCUT2D eigenvalue weighted by Crippen LogP contribution is -2.59. The standard InChI is InChI=1S/C36H40O5/c1-22(37)36-31(40-35(4,41-36)25-12-10-24(11-13-25)32(39)23-8-6-5-7-9-23)21-30-28-15-14-26-20-27(38)16-18-33(26,2)29(28)17-19-34(30,36)3/h5-13,20,28-31H,14-19,21H2,1-4H3/t28?,29?,30?,31-,33+,34+,35?,36-/m1/s1. The summed E-state index contributed by atoms with van der Waals surface area (Å²) in [7, 11) is 0. The second kappa shape index (κ2) is 9.05. The highest BCUT2D eigenvalue weighted by Crippen LogP contribution is 2.71. The van der Waals surface area contributed by atoms with Gasteiger partial charge in [-0.3, -0.25) is 14.4 Å². The van der Waals surface area contributed by atoms with E-state index in [-0.39, 0.29) is 34.3 Å². The van der Waals surface area contributed by atoms with Gasteiger partial charge in [-0.1, -0.05) is 74.0 Å². The van der Waals surface area contributed by atoms with Gasteiger partial charge in [0.05, 0.1) is 6.10 Å². The summed E-state index contributed by atoms with van der Waals surface area (Å²) in [5, 5.41) is 0. The van der Waals surface area contributed by atoms with Crippen molar-refractivity contribution in [2.24, 2.45) is 28.6 Å². The van der Waals surface area contributed by atoms with E-state index in [0.717, 1.165) is 44.1 Å². The van der Waals surface area contributed by atoms with Crippen LogP contribution in [0.1, 0.15) is 94.1 Å². The van der Waals surface area contributed by atoms with Crippen LogP contribution in [0.5, 0.6) is 0 Å². The van der Waals surface area contributed by atoms with Crippen molar-refractivity contribution >= 4 is 17.3 Å². The van der Waals surface area contributed by atoms with Crippen molar-refractivity contribution in [3.63, 3.8) is 0 Å². The largest absolute Gasteiger partial charge is 0.339 e. The molecule has 0 amide bonds. The first-order valence-corrected chi connectivity index (χ1v) is 15.3. The van der Waals surface area contributed by atoms with E-state index in [9.17, 15) is 14.4 Å². The molecule has 3 saturated carbocycles. The summed E-state index contributed by atoms with van der Waals surface area (Å²) in [6.07, 6.45) is 8.02. The zero-order valence-electron chi connectivity index (χ0n) is 24.6. The average molecular weight is 553 g/mol. The Morgan fingerprint density at radius 3 is 2.27 bits per heavy atom. The van der Waals surface area contributed by atoms with Crippen LogP contribution in [-0.2, 0) is 24.8 Å². The number of fused-ring (bicyclic) bond motifs is 7. The zero-order chi connectivity index (χ0) is 28.8. The number of ketones is 3. The van der Waals surface area contributed by atoms with Crippen LogP contribution in [-0.4, -0.2) is 29.1 Å². The molecular formula is C36H40O5. The van der Waals surface area contributed by atoms with Crippen molar-refractivity contribution in [2.75, 3.05) is 0 Å². The van der Waals surface area contributed by atoms with Crippen LogP contribution in [0.15, 0.2) is 66.2 Å². The SMILES string of the molecule is CC(=O)[C@@]12OC(C)(c3ccc(C(=O)c4ccccc4)cc3)O[C@@H]1CC1C3CCC4=CC(=O)CC[C@]4(C)C3CC[C@@]12C. The molecule has 0 bridgehead atoms. The molecule has 0 aromatic heterocycles. The second-order valence-corrected chi connectivity index (χ2v) is 13.9. The van der Waals surface area contributed by atoms with Crippen LogP contribution in [0.2, 0.25) is 0 Å². The lowest BCUT2D eigenvalue weighted by molar-refractivity contribution is -0.227. The highest BCUT2D eigenvalue weighted by Gasteiger charge is 2.75. The molecule has 4 unspecified atom stereocenters. The molecule has 41 heavy (non-hydrogen) atoms. The summed E-state index contributed by atoms with van der Waals surface area (Å²) in [5.41, 5.74) is 2.18. The van der Waals surface area contributed by atoms with Gasteiger partial charge < -0.3 is 9.47 Å². The lowest BCUT2D eigenvalue weighted by Gasteiger charge is -2.59. The van der Waals surface area contributed by atoms with Crippen molar-refractivity contribution < 1.29 is 23.9 Å². The summed E-state index contributed by atoms with van der Waals surface area (Å²) in [4.78, 5) is 38.9. The second-order valence-electron chi connectivity index (χ2n) is 13.9. The van der Waals surface area contributed by atoms with Gasteiger partial charge in [0.25, 0.3) is 0 Å². The number of ether oxygens (including phenoxy) is 2. The lowest BCUT2D eigenvalue weighted by atomic mass is 9.46. The highest BCUT2D eigenvalue weighted by atomic mass is 16.8. The molecule has 7 rings (SSSR count). The fraction of sp³-hybridized carbons (Fsp3) is 0.528. The Morgan fingerprint density at radius 2 is 1.56 bits per heavy atom. The van der Waals surface area contributed by atoms with E-state index in [1.165, 1.54) is 5.57 Å². The summed E-state index contributed by atoms with van der Waals surface area (Å²) in [5.74, 6) is 0.582. The molecule has 1 aliphatic heterocycles. The molecule has 0 radical (unpaired) electrons. The van der Waals surface area contributed by atoms with E-state index < -0.39 is 11.4 Å². The Kier molecular flexibility index (Phi) is 5.96. The fourth-order valence-corrected chi connectivity index (χ4v) is 9.96. The highest BCUT2D eigenvalue weighted by molar-refractivity contribution is 6.08. The first-order chi connectivity index (χ1) is 19.5. The third kappa shape index (κ3) is 3.64. The molecule has 2 aromatic carbocycles. The van der Waals surface area contributed by atoms with Gasteiger partial charge in [-0.25, -0.2) is 0 Å². The van der Waals surface area contributed by atoms with Gasteiger partial charge in [-0.15, -0.1) is 0 Å². The maximum Gasteiger partial charge on any atom is 0.193 e. The number of hydrogen-bond donors (Lipinski definition) is 0. The summed E-state index contributed by atoms with van der Waals surface area (Å²) in [6, 6.07) is 16.7. The van der Waals surface area contributed by atoms with Gasteiger partial charge in [0, 0.05) is 28.5 Å². The van der Waals surface area contributed by atoms with Gasteiger partial charge in [-0.2, -0.15) is 0 Å². The molecule has 4 fully saturated rings. The molecule has 5 aliphatic rings. The van der Waals surface area contributed by atoms with Crippen LogP contribution in [0.4, 0.5) is 0 Å². The van der Waals surface area contributed by atoms with Crippen molar-refractivity contribution in [3.05, 3.63) is 82.9 Å². The fourth-order valence-electron chi connectivity index (χ4n) is 9.96. The maximum absolute atomic E-state index is 13.7. The van der Waals surface area contributed by atoms with E-state index in [0.29, 0.717) is 35.3 Å². The van der Waals surface area contributed by atoms with Crippen LogP contribution in [0, 0.1) is 28.6 Å². The summed E-state index contributed by atoms with van der Waals surface area (Å²) in [6.45, 7) is 8.27. The van der Waals surface area contributed by atoms with E-state index in [2.05, 4.69) is 13.8 Å². The normalized spacial score (nSPS) is 41.1. The number of hydrogen-bond acceptors (Lipinski definition) is 5. The minimum atomic E-state index is -1.08. The number of carbonyl (C=O) groups excluding carboxylic acids is 3. The molecule has 4 aliphatic carbocycles. The van der Waals surface area contributed by atoms with Gasteiger partial charge in [0.15, 0.2) is 28.7 Å².